The summed E-state index contributed by atoms with van der Waals surface area (Å²) < 4.78 is 0. The zero-order valence-electron chi connectivity index (χ0n) is 10.2. The van der Waals surface area contributed by atoms with E-state index < -0.39 is 5.91 Å². The van der Waals surface area contributed by atoms with Crippen LogP contribution in [0.4, 0.5) is 10.9 Å². The Bertz CT molecular complexity index is 432. The first-order chi connectivity index (χ1) is 8.54. The summed E-state index contributed by atoms with van der Waals surface area (Å²) in [5, 5.41) is 6.24. The number of thiazole rings is 1. The standard InChI is InChI=1S/C10H17N5O2S/c1-2-4-14-10-15-8(12)7(18-10)9(17)13-5-3-6(11)16/h2-5,12H2,1H3,(H2,11,16)(H,13,17)(H,14,15). The van der Waals surface area contributed by atoms with Gasteiger partial charge in [-0.2, -0.15) is 0 Å². The number of nitrogens with two attached hydrogens (primary N) is 2. The minimum absolute atomic E-state index is 0.103. The molecule has 0 saturated carbocycles. The molecule has 0 aromatic carbocycles. The second kappa shape index (κ2) is 6.80. The quantitative estimate of drug-likeness (QED) is 0.562. The molecule has 18 heavy (non-hydrogen) atoms. The lowest BCUT2D eigenvalue weighted by Crippen LogP contribution is -2.27. The van der Waals surface area contributed by atoms with Crippen molar-refractivity contribution in [2.24, 2.45) is 5.73 Å². The third-order valence-corrected chi connectivity index (χ3v) is 3.07. The topological polar surface area (TPSA) is 123 Å². The molecule has 0 atom stereocenters. The van der Waals surface area contributed by atoms with Gasteiger partial charge in [0.15, 0.2) is 5.13 Å². The average Bonchev–Trinajstić information content (AvgIpc) is 2.67. The molecule has 1 aromatic heterocycles. The third kappa shape index (κ3) is 4.21. The number of hydrogen-bond donors (Lipinski definition) is 4. The highest BCUT2D eigenvalue weighted by Crippen LogP contribution is 2.24. The van der Waals surface area contributed by atoms with Gasteiger partial charge in [0.1, 0.15) is 10.7 Å². The van der Waals surface area contributed by atoms with Crippen LogP contribution in [0.1, 0.15) is 29.4 Å². The predicted octanol–water partition coefficient (Wildman–Crippen LogP) is 0.152. The lowest BCUT2D eigenvalue weighted by atomic mass is 10.4. The molecule has 6 N–H and O–H groups in total. The van der Waals surface area contributed by atoms with E-state index in [1.165, 1.54) is 11.3 Å². The summed E-state index contributed by atoms with van der Waals surface area (Å²) in [5.74, 6) is -0.608. The van der Waals surface area contributed by atoms with E-state index in [0.29, 0.717) is 10.0 Å². The zero-order valence-corrected chi connectivity index (χ0v) is 11.0. The second-order valence-corrected chi connectivity index (χ2v) is 4.63. The normalized spacial score (nSPS) is 10.1. The molecular weight excluding hydrogens is 254 g/mol. The largest absolute Gasteiger partial charge is 0.382 e. The summed E-state index contributed by atoms with van der Waals surface area (Å²) in [6.07, 6.45) is 1.06. The molecule has 0 aliphatic carbocycles. The summed E-state index contributed by atoms with van der Waals surface area (Å²) in [7, 11) is 0. The van der Waals surface area contributed by atoms with Crippen LogP contribution in [-0.4, -0.2) is 29.9 Å². The number of carbonyl (C=O) groups is 2. The van der Waals surface area contributed by atoms with Crippen molar-refractivity contribution in [2.45, 2.75) is 19.8 Å². The summed E-state index contributed by atoms with van der Waals surface area (Å²) in [5.41, 5.74) is 10.6. The molecule has 0 aliphatic rings. The molecule has 0 spiro atoms. The molecule has 7 nitrogen and oxygen atoms in total. The van der Waals surface area contributed by atoms with Gasteiger partial charge in [-0.1, -0.05) is 18.3 Å². The van der Waals surface area contributed by atoms with Crippen LogP contribution in [0.3, 0.4) is 0 Å². The van der Waals surface area contributed by atoms with Gasteiger partial charge in [0.2, 0.25) is 5.91 Å². The highest BCUT2D eigenvalue weighted by atomic mass is 32.1. The highest BCUT2D eigenvalue weighted by molar-refractivity contribution is 7.18. The Kier molecular flexibility index (Phi) is 5.37. The third-order valence-electron chi connectivity index (χ3n) is 2.04. The Morgan fingerprint density at radius 1 is 1.39 bits per heavy atom. The molecule has 0 aliphatic heterocycles. The van der Waals surface area contributed by atoms with E-state index in [1.54, 1.807) is 0 Å². The maximum absolute atomic E-state index is 11.7. The van der Waals surface area contributed by atoms with Crippen molar-refractivity contribution in [3.63, 3.8) is 0 Å². The Balaban J connectivity index is 2.56. The molecule has 0 bridgehead atoms. The van der Waals surface area contributed by atoms with Gasteiger partial charge in [-0.15, -0.1) is 0 Å². The summed E-state index contributed by atoms with van der Waals surface area (Å²) in [6.45, 7) is 3.00. The van der Waals surface area contributed by atoms with Crippen LogP contribution in [0.15, 0.2) is 0 Å². The number of aromatic nitrogens is 1. The summed E-state index contributed by atoms with van der Waals surface area (Å²) >= 11 is 1.19. The van der Waals surface area contributed by atoms with Crippen molar-refractivity contribution in [2.75, 3.05) is 24.1 Å². The van der Waals surface area contributed by atoms with Crippen LogP contribution in [-0.2, 0) is 4.79 Å². The number of nitrogen functional groups attached to an aromatic ring is 1. The fraction of sp³-hybridized carbons (Fsp3) is 0.500. The van der Waals surface area contributed by atoms with Gasteiger partial charge in [-0.3, -0.25) is 9.59 Å². The van der Waals surface area contributed by atoms with Gasteiger partial charge in [-0.25, -0.2) is 4.98 Å². The van der Waals surface area contributed by atoms with E-state index in [9.17, 15) is 9.59 Å². The maximum Gasteiger partial charge on any atom is 0.265 e. The molecule has 0 radical (unpaired) electrons. The number of amides is 2. The smallest absolute Gasteiger partial charge is 0.265 e. The highest BCUT2D eigenvalue weighted by Gasteiger charge is 2.15. The summed E-state index contributed by atoms with van der Waals surface area (Å²) in [6, 6.07) is 0. The van der Waals surface area contributed by atoms with E-state index in [2.05, 4.69) is 15.6 Å². The SMILES string of the molecule is CCCNc1nc(N)c(C(=O)NCCC(N)=O)s1. The Morgan fingerprint density at radius 2 is 2.11 bits per heavy atom. The van der Waals surface area contributed by atoms with Crippen LogP contribution in [0.25, 0.3) is 0 Å². The molecule has 0 fully saturated rings. The van der Waals surface area contributed by atoms with Crippen LogP contribution in [0, 0.1) is 0 Å². The first kappa shape index (κ1) is 14.2. The van der Waals surface area contributed by atoms with Crippen LogP contribution >= 0.6 is 11.3 Å². The number of nitrogens with zero attached hydrogens (tertiary/aromatic N) is 1. The van der Waals surface area contributed by atoms with Crippen molar-refractivity contribution in [1.29, 1.82) is 0 Å². The van der Waals surface area contributed by atoms with Crippen molar-refractivity contribution in [3.05, 3.63) is 4.88 Å². The van der Waals surface area contributed by atoms with E-state index in [4.69, 9.17) is 11.5 Å². The predicted molar refractivity (Wildman–Crippen MR) is 71.5 cm³/mol. The molecule has 8 heteroatoms. The maximum atomic E-state index is 11.7. The lowest BCUT2D eigenvalue weighted by Gasteiger charge is -2.01. The van der Waals surface area contributed by atoms with Gasteiger partial charge in [-0.05, 0) is 6.42 Å². The Hall–Kier alpha value is -1.83. The fourth-order valence-corrected chi connectivity index (χ4v) is 2.01. The molecule has 2 amide bonds. The second-order valence-electron chi connectivity index (χ2n) is 3.63. The van der Waals surface area contributed by atoms with Crippen LogP contribution < -0.4 is 22.1 Å². The van der Waals surface area contributed by atoms with Gasteiger partial charge in [0.05, 0.1) is 0 Å². The number of rotatable bonds is 7. The first-order valence-electron chi connectivity index (χ1n) is 5.61. The molecular formula is C10H17N5O2S. The first-order valence-corrected chi connectivity index (χ1v) is 6.43. The molecule has 1 aromatic rings. The van der Waals surface area contributed by atoms with Crippen molar-refractivity contribution in [3.8, 4) is 0 Å². The summed E-state index contributed by atoms with van der Waals surface area (Å²) in [4.78, 5) is 26.7. The molecule has 0 saturated heterocycles. The van der Waals surface area contributed by atoms with Gasteiger partial charge >= 0.3 is 0 Å². The number of primary amides is 1. The van der Waals surface area contributed by atoms with Crippen molar-refractivity contribution in [1.82, 2.24) is 10.3 Å². The van der Waals surface area contributed by atoms with Crippen LogP contribution in [0.2, 0.25) is 0 Å². The lowest BCUT2D eigenvalue weighted by molar-refractivity contribution is -0.117. The van der Waals surface area contributed by atoms with Crippen molar-refractivity contribution < 1.29 is 9.59 Å². The average molecular weight is 271 g/mol. The molecule has 100 valence electrons. The molecule has 1 rings (SSSR count). The number of anilines is 2. The number of nitrogens with one attached hydrogen (secondary N) is 2. The van der Waals surface area contributed by atoms with Crippen LogP contribution in [0.5, 0.6) is 0 Å². The minimum Gasteiger partial charge on any atom is -0.382 e. The van der Waals surface area contributed by atoms with E-state index in [-0.39, 0.29) is 24.7 Å². The zero-order chi connectivity index (χ0) is 13.5. The van der Waals surface area contributed by atoms with Crippen molar-refractivity contribution >= 4 is 34.1 Å². The number of carbonyl (C=O) groups excluding carboxylic acids is 2. The fourth-order valence-electron chi connectivity index (χ4n) is 1.18. The number of hydrogen-bond acceptors (Lipinski definition) is 6. The monoisotopic (exact) mass is 271 g/mol. The Labute approximate surface area is 109 Å². The molecule has 0 unspecified atom stereocenters. The van der Waals surface area contributed by atoms with E-state index in [0.717, 1.165) is 13.0 Å². The van der Waals surface area contributed by atoms with Gasteiger partial charge < -0.3 is 22.1 Å². The van der Waals surface area contributed by atoms with E-state index >= 15 is 0 Å². The van der Waals surface area contributed by atoms with E-state index in [1.807, 2.05) is 6.92 Å². The van der Waals surface area contributed by atoms with Gasteiger partial charge in [0, 0.05) is 19.5 Å². The minimum atomic E-state index is -0.460. The molecule has 1 heterocycles. The Morgan fingerprint density at radius 3 is 2.72 bits per heavy atom. The van der Waals surface area contributed by atoms with Gasteiger partial charge in [0.25, 0.3) is 5.91 Å².